The van der Waals surface area contributed by atoms with E-state index in [0.717, 1.165) is 42.3 Å². The van der Waals surface area contributed by atoms with Crippen molar-refractivity contribution in [3.63, 3.8) is 0 Å². The minimum Gasteiger partial charge on any atom is -0.504 e. The minimum absolute atomic E-state index is 0.0894. The molecule has 3 aromatic rings. The molecule has 0 unspecified atom stereocenters. The summed E-state index contributed by atoms with van der Waals surface area (Å²) in [5, 5.41) is 15.5. The van der Waals surface area contributed by atoms with Crippen LogP contribution in [-0.2, 0) is 0 Å². The fourth-order valence-electron chi connectivity index (χ4n) is 3.52. The molecule has 4 rings (SSSR count). The van der Waals surface area contributed by atoms with E-state index in [2.05, 4.69) is 20.6 Å². The first kappa shape index (κ1) is 18.0. The predicted octanol–water partition coefficient (Wildman–Crippen LogP) is 4.08. The van der Waals surface area contributed by atoms with Crippen LogP contribution in [0.4, 0.5) is 10.6 Å². The van der Waals surface area contributed by atoms with Gasteiger partial charge in [0.15, 0.2) is 17.3 Å². The lowest BCUT2D eigenvalue weighted by atomic mass is 10.0. The number of nitrogens with one attached hydrogen (secondary N) is 2. The van der Waals surface area contributed by atoms with Crippen molar-refractivity contribution in [1.29, 1.82) is 0 Å². The van der Waals surface area contributed by atoms with Gasteiger partial charge in [0.25, 0.3) is 0 Å². The molecule has 3 N–H and O–H groups in total. The first-order valence-corrected chi connectivity index (χ1v) is 9.34. The highest BCUT2D eigenvalue weighted by molar-refractivity contribution is 5.90. The Balaban J connectivity index is 1.57. The number of urea groups is 1. The molecule has 1 fully saturated rings. The van der Waals surface area contributed by atoms with E-state index < -0.39 is 0 Å². The number of fused-ring (bicyclic) bond motifs is 1. The first-order valence-electron chi connectivity index (χ1n) is 9.34. The molecule has 0 bridgehead atoms. The molecule has 7 nitrogen and oxygen atoms in total. The molecule has 1 aromatic heterocycles. The maximum absolute atomic E-state index is 12.2. The zero-order valence-corrected chi connectivity index (χ0v) is 15.6. The summed E-state index contributed by atoms with van der Waals surface area (Å²) in [7, 11) is 1.51. The van der Waals surface area contributed by atoms with Crippen LogP contribution >= 0.6 is 0 Å². The summed E-state index contributed by atoms with van der Waals surface area (Å²) in [4.78, 5) is 21.1. The fraction of sp³-hybridized carbons (Fsp3) is 0.286. The van der Waals surface area contributed by atoms with E-state index in [0.29, 0.717) is 17.1 Å². The van der Waals surface area contributed by atoms with Crippen molar-refractivity contribution in [3.8, 4) is 22.6 Å². The maximum atomic E-state index is 12.2. The van der Waals surface area contributed by atoms with Crippen LogP contribution in [0.15, 0.2) is 42.6 Å². The molecule has 1 saturated carbocycles. The quantitative estimate of drug-likeness (QED) is 0.636. The summed E-state index contributed by atoms with van der Waals surface area (Å²) in [6.07, 6.45) is 5.92. The van der Waals surface area contributed by atoms with Gasteiger partial charge >= 0.3 is 6.03 Å². The number of amides is 2. The van der Waals surface area contributed by atoms with Crippen molar-refractivity contribution in [2.24, 2.45) is 0 Å². The van der Waals surface area contributed by atoms with Crippen LogP contribution in [0, 0.1) is 0 Å². The van der Waals surface area contributed by atoms with E-state index in [-0.39, 0.29) is 17.8 Å². The zero-order chi connectivity index (χ0) is 19.5. The van der Waals surface area contributed by atoms with Gasteiger partial charge in [-0.2, -0.15) is 0 Å². The van der Waals surface area contributed by atoms with Gasteiger partial charge < -0.3 is 15.2 Å². The third-order valence-corrected chi connectivity index (χ3v) is 4.99. The Hall–Kier alpha value is -3.35. The summed E-state index contributed by atoms with van der Waals surface area (Å²) in [6.45, 7) is 0. The van der Waals surface area contributed by atoms with Crippen molar-refractivity contribution in [2.75, 3.05) is 12.4 Å². The molecule has 2 amide bonds. The Morgan fingerprint density at radius 3 is 2.64 bits per heavy atom. The number of methoxy groups -OCH3 is 1. The highest BCUT2D eigenvalue weighted by Crippen LogP contribution is 2.32. The SMILES string of the molecule is COc1cc(-c2ccc3ncc(NC(=O)NC4CCCC4)nc3c2)ccc1O. The number of anilines is 1. The molecule has 28 heavy (non-hydrogen) atoms. The number of phenolic OH excluding ortho intramolecular Hbond substituents is 1. The van der Waals surface area contributed by atoms with Crippen LogP contribution in [-0.4, -0.2) is 34.3 Å². The summed E-state index contributed by atoms with van der Waals surface area (Å²) in [5.41, 5.74) is 3.20. The lowest BCUT2D eigenvalue weighted by Gasteiger charge is -2.12. The third kappa shape index (κ3) is 3.83. The molecule has 1 heterocycles. The number of nitrogens with zero attached hydrogens (tertiary/aromatic N) is 2. The molecule has 7 heteroatoms. The normalized spacial score (nSPS) is 14.2. The Morgan fingerprint density at radius 2 is 1.86 bits per heavy atom. The molecular formula is C21H22N4O3. The second kappa shape index (κ2) is 7.72. The van der Waals surface area contributed by atoms with Crippen molar-refractivity contribution in [2.45, 2.75) is 31.7 Å². The fourth-order valence-corrected chi connectivity index (χ4v) is 3.52. The van der Waals surface area contributed by atoms with E-state index >= 15 is 0 Å². The topological polar surface area (TPSA) is 96.4 Å². The van der Waals surface area contributed by atoms with Gasteiger partial charge in [0.2, 0.25) is 0 Å². The second-order valence-electron chi connectivity index (χ2n) is 6.93. The molecule has 0 spiro atoms. The average molecular weight is 378 g/mol. The summed E-state index contributed by atoms with van der Waals surface area (Å²) in [5.74, 6) is 0.901. The molecule has 0 atom stereocenters. The number of phenols is 1. The standard InChI is InChI=1S/C21H22N4O3/c1-28-19-11-14(7-9-18(19)26)13-6-8-16-17(10-13)24-20(12-22-16)25-21(27)23-15-4-2-3-5-15/h6-12,15,26H,2-5H2,1H3,(H2,23,24,25,27). The highest BCUT2D eigenvalue weighted by Gasteiger charge is 2.17. The van der Waals surface area contributed by atoms with Crippen LogP contribution in [0.3, 0.4) is 0 Å². The predicted molar refractivity (Wildman–Crippen MR) is 108 cm³/mol. The number of benzene rings is 2. The Labute approximate surface area is 162 Å². The number of hydrogen-bond donors (Lipinski definition) is 3. The Bertz CT molecular complexity index is 1020. The largest absolute Gasteiger partial charge is 0.504 e. The lowest BCUT2D eigenvalue weighted by Crippen LogP contribution is -2.36. The molecule has 2 aromatic carbocycles. The number of carbonyl (C=O) groups excluding carboxylic acids is 1. The average Bonchev–Trinajstić information content (AvgIpc) is 3.20. The maximum Gasteiger partial charge on any atom is 0.320 e. The monoisotopic (exact) mass is 378 g/mol. The van der Waals surface area contributed by atoms with Crippen LogP contribution in [0.2, 0.25) is 0 Å². The van der Waals surface area contributed by atoms with E-state index in [4.69, 9.17) is 4.74 Å². The molecular weight excluding hydrogens is 356 g/mol. The van der Waals surface area contributed by atoms with Gasteiger partial charge in [-0.25, -0.2) is 9.78 Å². The number of aromatic nitrogens is 2. The van der Waals surface area contributed by atoms with Gasteiger partial charge in [0, 0.05) is 6.04 Å². The van der Waals surface area contributed by atoms with Crippen molar-refractivity contribution < 1.29 is 14.6 Å². The molecule has 0 radical (unpaired) electrons. The molecule has 0 saturated heterocycles. The number of hydrogen-bond acceptors (Lipinski definition) is 5. The van der Waals surface area contributed by atoms with Crippen LogP contribution in [0.25, 0.3) is 22.2 Å². The van der Waals surface area contributed by atoms with Gasteiger partial charge in [-0.3, -0.25) is 10.3 Å². The summed E-state index contributed by atoms with van der Waals surface area (Å²) >= 11 is 0. The van der Waals surface area contributed by atoms with Crippen LogP contribution < -0.4 is 15.4 Å². The van der Waals surface area contributed by atoms with Gasteiger partial charge in [-0.05, 0) is 48.2 Å². The van der Waals surface area contributed by atoms with Gasteiger partial charge in [-0.1, -0.05) is 25.0 Å². The number of ether oxygens (including phenoxy) is 1. The van der Waals surface area contributed by atoms with E-state index in [1.54, 1.807) is 18.3 Å². The lowest BCUT2D eigenvalue weighted by molar-refractivity contribution is 0.248. The molecule has 1 aliphatic rings. The number of rotatable bonds is 4. The van der Waals surface area contributed by atoms with Gasteiger partial charge in [-0.15, -0.1) is 0 Å². The van der Waals surface area contributed by atoms with Gasteiger partial charge in [0.1, 0.15) is 0 Å². The number of carbonyl (C=O) groups is 1. The molecule has 0 aliphatic heterocycles. The number of aromatic hydroxyl groups is 1. The first-order chi connectivity index (χ1) is 13.6. The van der Waals surface area contributed by atoms with Crippen LogP contribution in [0.1, 0.15) is 25.7 Å². The zero-order valence-electron chi connectivity index (χ0n) is 15.6. The Morgan fingerprint density at radius 1 is 1.11 bits per heavy atom. The van der Waals surface area contributed by atoms with E-state index in [9.17, 15) is 9.90 Å². The second-order valence-corrected chi connectivity index (χ2v) is 6.93. The molecule has 144 valence electrons. The van der Waals surface area contributed by atoms with Crippen molar-refractivity contribution >= 4 is 22.9 Å². The smallest absolute Gasteiger partial charge is 0.320 e. The Kier molecular flexibility index (Phi) is 4.97. The van der Waals surface area contributed by atoms with E-state index in [1.807, 2.05) is 24.3 Å². The minimum atomic E-state index is -0.250. The van der Waals surface area contributed by atoms with E-state index in [1.165, 1.54) is 7.11 Å². The van der Waals surface area contributed by atoms with Crippen molar-refractivity contribution in [3.05, 3.63) is 42.6 Å². The van der Waals surface area contributed by atoms with Gasteiger partial charge in [0.05, 0.1) is 24.3 Å². The van der Waals surface area contributed by atoms with Crippen molar-refractivity contribution in [1.82, 2.24) is 15.3 Å². The third-order valence-electron chi connectivity index (χ3n) is 4.99. The summed E-state index contributed by atoms with van der Waals surface area (Å²) in [6, 6.07) is 10.9. The molecule has 1 aliphatic carbocycles. The highest BCUT2D eigenvalue weighted by atomic mass is 16.5. The van der Waals surface area contributed by atoms with Crippen LogP contribution in [0.5, 0.6) is 11.5 Å². The summed E-state index contributed by atoms with van der Waals surface area (Å²) < 4.78 is 5.18.